The van der Waals surface area contributed by atoms with Crippen LogP contribution in [0, 0.1) is 0 Å². The Morgan fingerprint density at radius 1 is 0.175 bits per heavy atom. The predicted molar refractivity (Wildman–Crippen MR) is 499 cm³/mol. The van der Waals surface area contributed by atoms with Crippen LogP contribution in [0.4, 0.5) is 17.1 Å². The number of carbonyl (C=O) groups is 3. The van der Waals surface area contributed by atoms with Gasteiger partial charge in [-0.15, -0.1) is 0 Å². The van der Waals surface area contributed by atoms with Gasteiger partial charge in [0.15, 0.2) is 52.4 Å². The molecule has 0 spiro atoms. The Kier molecular flexibility index (Phi) is 22.0. The lowest BCUT2D eigenvalue weighted by Gasteiger charge is -2.22. The second kappa shape index (κ2) is 35.2. The summed E-state index contributed by atoms with van der Waals surface area (Å²) >= 11 is 0. The minimum atomic E-state index is -0.489. The molecule has 0 radical (unpaired) electrons. The van der Waals surface area contributed by atoms with E-state index in [-0.39, 0.29) is 16.7 Å². The highest BCUT2D eigenvalue weighted by molar-refractivity contribution is 6.14. The smallest absolute Gasteiger partial charge is 0.258 e. The molecule has 0 saturated carbocycles. The van der Waals surface area contributed by atoms with Gasteiger partial charge in [0.05, 0.1) is 52.7 Å². The van der Waals surface area contributed by atoms with Crippen molar-refractivity contribution in [3.8, 4) is 170 Å². The summed E-state index contributed by atoms with van der Waals surface area (Å²) in [5, 5.41) is 0. The van der Waals surface area contributed by atoms with Crippen molar-refractivity contribution in [1.29, 1.82) is 0 Å². The van der Waals surface area contributed by atoms with E-state index in [1.165, 1.54) is 32.9 Å². The number of benzene rings is 13. The van der Waals surface area contributed by atoms with Crippen LogP contribution in [0.3, 0.4) is 0 Å². The first-order valence-electron chi connectivity index (χ1n) is 41.0. The summed E-state index contributed by atoms with van der Waals surface area (Å²) in [6.45, 7) is 0. The SMILES string of the molecule is CN(C(=O)c1cc(C(=O)N(C)c2ccc(-c3cccc(-c4ccc(-c5nc(-c6ccccc6)nc(-c6ccccc6)n5)cc4)c3)nc2)cc(C(=O)N(C)c2ccc(-c3cccc(-c4ccc(-c5nc(-c6ccccc6)nc(-c6ccccc6)n5)cc4)c3)nc2)c1)c1ccc(-c2cccc(-c3ccc(-c4nc(-c5ccccc5)nc(-c5ccccc5)n4)cc3)c2)nc1. The number of aromatic nitrogens is 12. The van der Waals surface area contributed by atoms with Gasteiger partial charge in [0, 0.05) is 105 Å². The van der Waals surface area contributed by atoms with Crippen LogP contribution in [-0.2, 0) is 0 Å². The zero-order valence-corrected chi connectivity index (χ0v) is 68.5. The Hall–Kier alpha value is -17.3. The second-order valence-corrected chi connectivity index (χ2v) is 30.2. The molecular weight excluding hydrogens is 1560 g/mol. The van der Waals surface area contributed by atoms with E-state index in [1.54, 1.807) is 39.7 Å². The second-order valence-electron chi connectivity index (χ2n) is 30.2. The van der Waals surface area contributed by atoms with Crippen molar-refractivity contribution in [1.82, 2.24) is 59.8 Å². The van der Waals surface area contributed by atoms with Crippen LogP contribution >= 0.6 is 0 Å². The summed E-state index contributed by atoms with van der Waals surface area (Å²) in [6.07, 6.45) is 4.91. The van der Waals surface area contributed by atoms with Gasteiger partial charge in [0.2, 0.25) is 0 Å². The van der Waals surface area contributed by atoms with Crippen LogP contribution in [0.2, 0.25) is 0 Å². The Morgan fingerprint density at radius 3 is 0.540 bits per heavy atom. The van der Waals surface area contributed by atoms with Gasteiger partial charge in [-0.3, -0.25) is 29.3 Å². The topological polar surface area (TPSA) is 216 Å². The summed E-state index contributed by atoms with van der Waals surface area (Å²) in [5.74, 6) is 3.71. The third-order valence-electron chi connectivity index (χ3n) is 22.0. The van der Waals surface area contributed by atoms with Crippen LogP contribution in [0.15, 0.2) is 401 Å². The molecule has 18 nitrogen and oxygen atoms in total. The largest absolute Gasteiger partial charge is 0.310 e. The summed E-state index contributed by atoms with van der Waals surface area (Å²) in [7, 11) is 4.92. The van der Waals surface area contributed by atoms with Crippen molar-refractivity contribution >= 4 is 34.8 Å². The number of pyridine rings is 3. The van der Waals surface area contributed by atoms with Gasteiger partial charge < -0.3 is 14.7 Å². The van der Waals surface area contributed by atoms with E-state index in [0.29, 0.717) is 86.6 Å². The minimum absolute atomic E-state index is 0.0891. The fourth-order valence-corrected chi connectivity index (χ4v) is 15.0. The van der Waals surface area contributed by atoms with E-state index in [1.807, 2.05) is 309 Å². The quantitative estimate of drug-likeness (QED) is 0.0654. The molecule has 13 aromatic carbocycles. The average molecular weight is 1630 g/mol. The minimum Gasteiger partial charge on any atom is -0.310 e. The summed E-state index contributed by atoms with van der Waals surface area (Å²) < 4.78 is 0. The molecule has 0 unspecified atom stereocenters. The molecule has 0 aliphatic heterocycles. The van der Waals surface area contributed by atoms with E-state index >= 15 is 14.4 Å². The third kappa shape index (κ3) is 17.0. The van der Waals surface area contributed by atoms with Crippen molar-refractivity contribution in [2.75, 3.05) is 35.8 Å². The van der Waals surface area contributed by atoms with E-state index in [4.69, 9.17) is 59.8 Å². The maximum absolute atomic E-state index is 15.2. The Labute approximate surface area is 727 Å². The van der Waals surface area contributed by atoms with Crippen LogP contribution < -0.4 is 14.7 Å². The molecule has 0 atom stereocenters. The summed E-state index contributed by atoms with van der Waals surface area (Å²) in [5.41, 5.74) is 20.0. The lowest BCUT2D eigenvalue weighted by Crippen LogP contribution is -2.31. The fourth-order valence-electron chi connectivity index (χ4n) is 15.0. The number of hydrogen-bond acceptors (Lipinski definition) is 15. The number of anilines is 3. The molecule has 0 N–H and O–H groups in total. The van der Waals surface area contributed by atoms with Gasteiger partial charge in [-0.05, 0) is 106 Å². The first-order valence-corrected chi connectivity index (χ1v) is 41.0. The van der Waals surface area contributed by atoms with Crippen molar-refractivity contribution in [3.63, 3.8) is 0 Å². The fraction of sp³-hybridized carbons (Fsp3) is 0.0278. The van der Waals surface area contributed by atoms with Gasteiger partial charge in [0.25, 0.3) is 17.7 Å². The maximum atomic E-state index is 15.2. The molecule has 18 heteroatoms. The van der Waals surface area contributed by atoms with Crippen LogP contribution in [0.25, 0.3) is 170 Å². The molecule has 0 saturated heterocycles. The summed E-state index contributed by atoms with van der Waals surface area (Å²) in [6, 6.07) is 124. The molecule has 6 aromatic heterocycles. The van der Waals surface area contributed by atoms with Gasteiger partial charge >= 0.3 is 0 Å². The lowest BCUT2D eigenvalue weighted by molar-refractivity contribution is 0.0992. The van der Waals surface area contributed by atoms with Crippen molar-refractivity contribution < 1.29 is 14.4 Å². The molecule has 0 bridgehead atoms. The number of nitrogens with zero attached hydrogens (tertiary/aromatic N) is 15. The number of hydrogen-bond donors (Lipinski definition) is 0. The molecule has 0 aliphatic carbocycles. The van der Waals surface area contributed by atoms with E-state index < -0.39 is 17.7 Å². The molecule has 19 rings (SSSR count). The molecule has 19 aromatic rings. The van der Waals surface area contributed by atoms with E-state index in [9.17, 15) is 0 Å². The van der Waals surface area contributed by atoms with E-state index in [2.05, 4.69) is 54.6 Å². The number of carbonyl (C=O) groups excluding carboxylic acids is 3. The van der Waals surface area contributed by atoms with Crippen molar-refractivity contribution in [2.24, 2.45) is 0 Å². The molecule has 6 heterocycles. The van der Waals surface area contributed by atoms with Crippen LogP contribution in [0.5, 0.6) is 0 Å². The van der Waals surface area contributed by atoms with Gasteiger partial charge in [-0.1, -0.05) is 309 Å². The average Bonchev–Trinajstić information content (AvgIpc) is 0.796. The lowest BCUT2D eigenvalue weighted by atomic mass is 10.00. The van der Waals surface area contributed by atoms with Crippen LogP contribution in [-0.4, -0.2) is 98.7 Å². The normalized spacial score (nSPS) is 11.1. The third-order valence-corrected chi connectivity index (χ3v) is 22.0. The maximum Gasteiger partial charge on any atom is 0.258 e. The van der Waals surface area contributed by atoms with Crippen LogP contribution in [0.1, 0.15) is 31.1 Å². The van der Waals surface area contributed by atoms with Gasteiger partial charge in [-0.25, -0.2) is 44.9 Å². The van der Waals surface area contributed by atoms with Gasteiger partial charge in [-0.2, -0.15) is 0 Å². The highest BCUT2D eigenvalue weighted by atomic mass is 16.2. The zero-order chi connectivity index (χ0) is 85.4. The monoisotopic (exact) mass is 1630 g/mol. The first-order chi connectivity index (χ1) is 61.9. The molecule has 3 amide bonds. The summed E-state index contributed by atoms with van der Waals surface area (Å²) in [4.78, 5) is 109. The Balaban J connectivity index is 0.578. The van der Waals surface area contributed by atoms with Crippen molar-refractivity contribution in [2.45, 2.75) is 0 Å². The molecule has 0 fully saturated rings. The highest BCUT2D eigenvalue weighted by Gasteiger charge is 2.26. The zero-order valence-electron chi connectivity index (χ0n) is 68.5. The standard InChI is InChI=1S/C108H75N15O3/c1-121(91-55-58-94(109-67-91)85-40-22-37-82(61-85)70-43-49-79(50-44-70)103-115-97(73-25-10-4-11-26-73)112-98(116-103)74-27-12-5-13-28-74)106(124)88-64-89(107(125)122(2)92-56-59-95(110-68-92)86-41-23-38-83(62-86)71-45-51-80(52-46-71)104-117-99(75-29-14-6-15-30-75)113-100(118-104)76-31-16-7-17-32-76)66-90(65-88)108(126)123(3)93-57-60-96(111-69-93)87-42-24-39-84(63-87)72-47-53-81(54-48-72)105-119-101(77-33-18-8-19-34-77)114-102(120-105)78-35-20-9-21-36-78/h4-69H,1-3H3. The number of rotatable bonds is 21. The predicted octanol–water partition coefficient (Wildman–Crippen LogP) is 23.3. The molecular formula is C108H75N15O3. The van der Waals surface area contributed by atoms with Crippen molar-refractivity contribution in [3.05, 3.63) is 417 Å². The number of amides is 3. The van der Waals surface area contributed by atoms with E-state index in [0.717, 1.165) is 100 Å². The Bertz CT molecular complexity index is 6320. The van der Waals surface area contributed by atoms with Gasteiger partial charge in [0.1, 0.15) is 0 Å². The highest BCUT2D eigenvalue weighted by Crippen LogP contribution is 2.37. The molecule has 0 aliphatic rings. The molecule has 126 heavy (non-hydrogen) atoms. The first kappa shape index (κ1) is 78.6. The Morgan fingerprint density at radius 2 is 0.349 bits per heavy atom. The molecule has 600 valence electrons.